The van der Waals surface area contributed by atoms with Crippen molar-refractivity contribution in [3.63, 3.8) is 0 Å². The summed E-state index contributed by atoms with van der Waals surface area (Å²) in [7, 11) is 0. The number of hydrogen-bond donors (Lipinski definition) is 1. The van der Waals surface area contributed by atoms with Crippen molar-refractivity contribution in [3.05, 3.63) is 35.4 Å². The first-order valence-electron chi connectivity index (χ1n) is 6.22. The molecule has 0 aromatic heterocycles. The van der Waals surface area contributed by atoms with E-state index in [4.69, 9.17) is 4.74 Å². The normalized spacial score (nSPS) is 28.7. The van der Waals surface area contributed by atoms with Crippen LogP contribution in [-0.2, 0) is 10.3 Å². The zero-order valence-corrected chi connectivity index (χ0v) is 10.6. The van der Waals surface area contributed by atoms with Crippen molar-refractivity contribution in [2.45, 2.75) is 38.4 Å². The quantitative estimate of drug-likeness (QED) is 0.881. The average Bonchev–Trinajstić information content (AvgIpc) is 2.28. The van der Waals surface area contributed by atoms with E-state index in [2.05, 4.69) is 0 Å². The fraction of sp³-hybridized carbons (Fsp3) is 0.571. The van der Waals surface area contributed by atoms with Crippen LogP contribution in [0.25, 0.3) is 0 Å². The minimum Gasteiger partial charge on any atom is -0.385 e. The molecule has 0 spiro atoms. The van der Waals surface area contributed by atoms with Gasteiger partial charge in [0, 0.05) is 24.5 Å². The molecule has 0 amide bonds. The Hall–Kier alpha value is -1.00. The van der Waals surface area contributed by atoms with Crippen LogP contribution in [0.2, 0.25) is 0 Å². The van der Waals surface area contributed by atoms with Crippen LogP contribution in [0.4, 0.5) is 8.78 Å². The Labute approximate surface area is 106 Å². The highest BCUT2D eigenvalue weighted by Gasteiger charge is 2.39. The molecule has 0 bridgehead atoms. The van der Waals surface area contributed by atoms with Crippen LogP contribution in [0.1, 0.15) is 32.3 Å². The molecule has 4 heteroatoms. The Bertz CT molecular complexity index is 434. The van der Waals surface area contributed by atoms with Gasteiger partial charge in [0.15, 0.2) is 0 Å². The van der Waals surface area contributed by atoms with Gasteiger partial charge in [0.25, 0.3) is 0 Å². The van der Waals surface area contributed by atoms with Crippen molar-refractivity contribution >= 4 is 0 Å². The predicted octanol–water partition coefficient (Wildman–Crippen LogP) is 2.99. The number of rotatable bonds is 2. The topological polar surface area (TPSA) is 29.5 Å². The summed E-state index contributed by atoms with van der Waals surface area (Å²) in [5.41, 5.74) is -1.09. The molecule has 1 N–H and O–H groups in total. The summed E-state index contributed by atoms with van der Waals surface area (Å²) in [5.74, 6) is -1.07. The lowest BCUT2D eigenvalue weighted by molar-refractivity contribution is -0.122. The third-order valence-corrected chi connectivity index (χ3v) is 3.56. The fourth-order valence-electron chi connectivity index (χ4n) is 2.41. The molecule has 1 heterocycles. The summed E-state index contributed by atoms with van der Waals surface area (Å²) in [6.07, 6.45) is 0.569. The molecule has 1 fully saturated rings. The summed E-state index contributed by atoms with van der Waals surface area (Å²) in [6, 6.07) is 3.32. The van der Waals surface area contributed by atoms with Gasteiger partial charge in [0.05, 0.1) is 18.3 Å². The van der Waals surface area contributed by atoms with Crippen LogP contribution in [0.5, 0.6) is 0 Å². The van der Waals surface area contributed by atoms with Gasteiger partial charge in [-0.1, -0.05) is 19.9 Å². The van der Waals surface area contributed by atoms with Gasteiger partial charge in [-0.05, 0) is 12.0 Å². The van der Waals surface area contributed by atoms with Crippen LogP contribution >= 0.6 is 0 Å². The van der Waals surface area contributed by atoms with Gasteiger partial charge >= 0.3 is 0 Å². The molecule has 2 atom stereocenters. The number of benzene rings is 1. The minimum atomic E-state index is -1.26. The Morgan fingerprint density at radius 3 is 2.72 bits per heavy atom. The van der Waals surface area contributed by atoms with Crippen LogP contribution in [0, 0.1) is 17.6 Å². The van der Waals surface area contributed by atoms with E-state index in [1.165, 1.54) is 12.1 Å². The summed E-state index contributed by atoms with van der Waals surface area (Å²) in [5, 5.41) is 10.6. The maximum absolute atomic E-state index is 13.8. The molecule has 100 valence electrons. The third-order valence-electron chi connectivity index (χ3n) is 3.56. The van der Waals surface area contributed by atoms with E-state index in [0.29, 0.717) is 19.4 Å². The van der Waals surface area contributed by atoms with Crippen LogP contribution in [0.3, 0.4) is 0 Å². The lowest BCUT2D eigenvalue weighted by atomic mass is 9.81. The molecule has 1 aromatic carbocycles. The minimum absolute atomic E-state index is 0.104. The molecule has 18 heavy (non-hydrogen) atoms. The molecule has 0 saturated carbocycles. The first-order chi connectivity index (χ1) is 8.42. The van der Waals surface area contributed by atoms with Gasteiger partial charge in [-0.2, -0.15) is 0 Å². The Morgan fingerprint density at radius 1 is 1.39 bits per heavy atom. The highest BCUT2D eigenvalue weighted by molar-refractivity contribution is 5.25. The van der Waals surface area contributed by atoms with Gasteiger partial charge in [-0.3, -0.25) is 0 Å². The molecule has 1 aromatic rings. The highest BCUT2D eigenvalue weighted by atomic mass is 19.1. The van der Waals surface area contributed by atoms with Crippen molar-refractivity contribution in [1.29, 1.82) is 0 Å². The second-order valence-electron chi connectivity index (χ2n) is 5.26. The standard InChI is InChI=1S/C14H18F2O2/c1-9(2)13-8-14(17,5-6-18-13)11-4-3-10(15)7-12(11)16/h3-4,7,9,13,17H,5-6,8H2,1-2H3. The lowest BCUT2D eigenvalue weighted by Gasteiger charge is -2.39. The number of aliphatic hydroxyl groups is 1. The molecule has 0 radical (unpaired) electrons. The van der Waals surface area contributed by atoms with Gasteiger partial charge in [-0.25, -0.2) is 8.78 Å². The Balaban J connectivity index is 2.29. The second kappa shape index (κ2) is 4.94. The lowest BCUT2D eigenvalue weighted by Crippen LogP contribution is -2.41. The first kappa shape index (κ1) is 13.4. The highest BCUT2D eigenvalue weighted by Crippen LogP contribution is 2.37. The van der Waals surface area contributed by atoms with E-state index >= 15 is 0 Å². The van der Waals surface area contributed by atoms with Crippen molar-refractivity contribution < 1.29 is 18.6 Å². The van der Waals surface area contributed by atoms with Gasteiger partial charge in [0.1, 0.15) is 11.6 Å². The number of halogens is 2. The number of ether oxygens (including phenoxy) is 1. The SMILES string of the molecule is CC(C)C1CC(O)(c2ccc(F)cc2F)CCO1. The van der Waals surface area contributed by atoms with E-state index < -0.39 is 17.2 Å². The average molecular weight is 256 g/mol. The molecule has 2 rings (SSSR count). The molecule has 2 unspecified atom stereocenters. The third kappa shape index (κ3) is 2.54. The van der Waals surface area contributed by atoms with Crippen LogP contribution < -0.4 is 0 Å². The predicted molar refractivity (Wildman–Crippen MR) is 64.1 cm³/mol. The van der Waals surface area contributed by atoms with E-state index in [1.54, 1.807) is 0 Å². The van der Waals surface area contributed by atoms with Crippen molar-refractivity contribution in [1.82, 2.24) is 0 Å². The molecule has 1 aliphatic heterocycles. The summed E-state index contributed by atoms with van der Waals surface area (Å²) < 4.78 is 32.2. The largest absolute Gasteiger partial charge is 0.385 e. The summed E-state index contributed by atoms with van der Waals surface area (Å²) in [4.78, 5) is 0. The zero-order chi connectivity index (χ0) is 13.3. The maximum Gasteiger partial charge on any atom is 0.132 e. The summed E-state index contributed by atoms with van der Waals surface area (Å²) >= 11 is 0. The molecule has 1 aliphatic rings. The Morgan fingerprint density at radius 2 is 2.11 bits per heavy atom. The summed E-state index contributed by atoms with van der Waals surface area (Å²) in [6.45, 7) is 4.38. The molecule has 2 nitrogen and oxygen atoms in total. The van der Waals surface area contributed by atoms with Crippen molar-refractivity contribution in [3.8, 4) is 0 Å². The van der Waals surface area contributed by atoms with Gasteiger partial charge in [0.2, 0.25) is 0 Å². The molecule has 0 aliphatic carbocycles. The van der Waals surface area contributed by atoms with Crippen molar-refractivity contribution in [2.24, 2.45) is 5.92 Å². The van der Waals surface area contributed by atoms with Gasteiger partial charge < -0.3 is 9.84 Å². The smallest absolute Gasteiger partial charge is 0.132 e. The van der Waals surface area contributed by atoms with Gasteiger partial charge in [-0.15, -0.1) is 0 Å². The molecule has 1 saturated heterocycles. The van der Waals surface area contributed by atoms with Crippen LogP contribution in [0.15, 0.2) is 18.2 Å². The fourth-order valence-corrected chi connectivity index (χ4v) is 2.41. The molecular weight excluding hydrogens is 238 g/mol. The monoisotopic (exact) mass is 256 g/mol. The van der Waals surface area contributed by atoms with Crippen molar-refractivity contribution in [2.75, 3.05) is 6.61 Å². The number of hydrogen-bond acceptors (Lipinski definition) is 2. The Kier molecular flexibility index (Phi) is 3.69. The molecular formula is C14H18F2O2. The zero-order valence-electron chi connectivity index (χ0n) is 10.6. The first-order valence-corrected chi connectivity index (χ1v) is 6.22. The second-order valence-corrected chi connectivity index (χ2v) is 5.26. The van der Waals surface area contributed by atoms with E-state index in [1.807, 2.05) is 13.8 Å². The van der Waals surface area contributed by atoms with E-state index in [9.17, 15) is 13.9 Å². The van der Waals surface area contributed by atoms with Crippen LogP contribution in [-0.4, -0.2) is 17.8 Å². The van der Waals surface area contributed by atoms with E-state index in [-0.39, 0.29) is 17.6 Å². The maximum atomic E-state index is 13.8. The van der Waals surface area contributed by atoms with E-state index in [0.717, 1.165) is 6.07 Å².